The summed E-state index contributed by atoms with van der Waals surface area (Å²) < 4.78 is 42.5. The van der Waals surface area contributed by atoms with Crippen LogP contribution in [0.3, 0.4) is 0 Å². The fraction of sp³-hybridized carbons (Fsp3) is 0.310. The van der Waals surface area contributed by atoms with Crippen LogP contribution in [0.5, 0.6) is 0 Å². The number of hydrogen-bond acceptors (Lipinski definition) is 4. The monoisotopic (exact) mass is 641 g/mol. The van der Waals surface area contributed by atoms with Crippen molar-refractivity contribution in [3.05, 3.63) is 93.2 Å². The quantitative estimate of drug-likeness (QED) is 0.210. The second kappa shape index (κ2) is 14.9. The second-order valence-electron chi connectivity index (χ2n) is 9.21. The van der Waals surface area contributed by atoms with Crippen molar-refractivity contribution in [3.8, 4) is 0 Å². The first-order chi connectivity index (χ1) is 19.5. The molecule has 0 saturated heterocycles. The van der Waals surface area contributed by atoms with Gasteiger partial charge in [-0.2, -0.15) is 0 Å². The van der Waals surface area contributed by atoms with Crippen molar-refractivity contribution in [1.82, 2.24) is 10.2 Å². The summed E-state index contributed by atoms with van der Waals surface area (Å²) in [6.45, 7) is 3.29. The van der Waals surface area contributed by atoms with Crippen molar-refractivity contribution in [3.63, 3.8) is 0 Å². The summed E-state index contributed by atoms with van der Waals surface area (Å²) >= 11 is 18.8. The Morgan fingerprint density at radius 1 is 0.927 bits per heavy atom. The minimum atomic E-state index is -4.32. The van der Waals surface area contributed by atoms with Gasteiger partial charge < -0.3 is 10.2 Å². The molecule has 3 aromatic rings. The van der Waals surface area contributed by atoms with E-state index in [9.17, 15) is 22.4 Å². The Labute approximate surface area is 255 Å². The molecule has 3 rings (SSSR count). The Balaban J connectivity index is 2.09. The molecule has 0 aliphatic rings. The molecule has 0 unspecified atom stereocenters. The lowest BCUT2D eigenvalue weighted by Gasteiger charge is -2.33. The first-order valence-corrected chi connectivity index (χ1v) is 15.6. The molecule has 2 amide bonds. The van der Waals surface area contributed by atoms with Crippen LogP contribution in [0.15, 0.2) is 71.6 Å². The molecule has 0 aliphatic heterocycles. The van der Waals surface area contributed by atoms with Crippen LogP contribution in [-0.2, 0) is 26.2 Å². The van der Waals surface area contributed by atoms with Crippen LogP contribution in [0.1, 0.15) is 38.7 Å². The number of nitrogens with zero attached hydrogens (tertiary/aromatic N) is 2. The van der Waals surface area contributed by atoms with Crippen molar-refractivity contribution >= 4 is 62.3 Å². The van der Waals surface area contributed by atoms with Crippen LogP contribution in [-0.4, -0.2) is 44.3 Å². The maximum atomic E-state index is 14.1. The lowest BCUT2D eigenvalue weighted by Crippen LogP contribution is -2.52. The summed E-state index contributed by atoms with van der Waals surface area (Å²) in [5.74, 6) is -1.83. The Morgan fingerprint density at radius 3 is 2.17 bits per heavy atom. The second-order valence-corrected chi connectivity index (χ2v) is 12.3. The Bertz CT molecular complexity index is 1460. The minimum absolute atomic E-state index is 0.0234. The van der Waals surface area contributed by atoms with Crippen molar-refractivity contribution < 1.29 is 22.4 Å². The number of carbonyl (C=O) groups is 2. The van der Waals surface area contributed by atoms with Crippen molar-refractivity contribution in [2.75, 3.05) is 17.4 Å². The summed E-state index contributed by atoms with van der Waals surface area (Å²) in [6, 6.07) is 14.8. The molecule has 0 aliphatic carbocycles. The van der Waals surface area contributed by atoms with E-state index in [4.69, 9.17) is 34.8 Å². The van der Waals surface area contributed by atoms with Gasteiger partial charge in [0, 0.05) is 28.7 Å². The van der Waals surface area contributed by atoms with Crippen molar-refractivity contribution in [2.45, 2.75) is 50.6 Å². The molecule has 41 heavy (non-hydrogen) atoms. The number of unbranched alkanes of at least 4 members (excludes halogenated alkanes) is 1. The molecule has 0 aromatic heterocycles. The van der Waals surface area contributed by atoms with E-state index in [0.717, 1.165) is 29.3 Å². The van der Waals surface area contributed by atoms with Gasteiger partial charge in [-0.05, 0) is 55.3 Å². The standard InChI is InChI=1S/C29H31Cl3FN3O4S/c1-3-5-16-34-29(38)27(4-2)35(18-22-23(30)12-9-13-24(22)31)28(37)19-36(20-14-15-26(33)25(32)17-20)41(39,40)21-10-7-6-8-11-21/h6-15,17,27H,3-5,16,18-19H2,1-2H3,(H,34,38)/t27-/m0/s1. The van der Waals surface area contributed by atoms with Gasteiger partial charge in [0.1, 0.15) is 18.4 Å². The zero-order chi connectivity index (χ0) is 30.2. The number of sulfonamides is 1. The maximum Gasteiger partial charge on any atom is 0.264 e. The highest BCUT2D eigenvalue weighted by atomic mass is 35.5. The molecule has 1 N–H and O–H groups in total. The number of carbonyl (C=O) groups excluding carboxylic acids is 2. The fourth-order valence-corrected chi connectivity index (χ4v) is 6.29. The number of halogens is 4. The van der Waals surface area contributed by atoms with Crippen LogP contribution >= 0.6 is 34.8 Å². The molecular formula is C29H31Cl3FN3O4S. The maximum absolute atomic E-state index is 14.1. The molecule has 7 nitrogen and oxygen atoms in total. The number of nitrogens with one attached hydrogen (secondary N) is 1. The van der Waals surface area contributed by atoms with E-state index < -0.39 is 34.3 Å². The summed E-state index contributed by atoms with van der Waals surface area (Å²) in [6.07, 6.45) is 1.85. The van der Waals surface area contributed by atoms with Gasteiger partial charge in [-0.3, -0.25) is 13.9 Å². The number of hydrogen-bond donors (Lipinski definition) is 1. The normalized spacial score (nSPS) is 12.0. The average Bonchev–Trinajstić information content (AvgIpc) is 2.95. The van der Waals surface area contributed by atoms with E-state index >= 15 is 0 Å². The third kappa shape index (κ3) is 8.13. The first kappa shape index (κ1) is 32.7. The molecule has 220 valence electrons. The first-order valence-electron chi connectivity index (χ1n) is 13.0. The topological polar surface area (TPSA) is 86.8 Å². The van der Waals surface area contributed by atoms with Gasteiger partial charge in [0.15, 0.2) is 0 Å². The van der Waals surface area contributed by atoms with Gasteiger partial charge in [-0.25, -0.2) is 12.8 Å². The van der Waals surface area contributed by atoms with Gasteiger partial charge in [0.05, 0.1) is 15.6 Å². The van der Waals surface area contributed by atoms with E-state index in [2.05, 4.69) is 5.32 Å². The van der Waals surface area contributed by atoms with E-state index in [1.54, 1.807) is 43.3 Å². The summed E-state index contributed by atoms with van der Waals surface area (Å²) in [4.78, 5) is 28.5. The summed E-state index contributed by atoms with van der Waals surface area (Å²) in [5.41, 5.74) is 0.385. The predicted molar refractivity (Wildman–Crippen MR) is 161 cm³/mol. The fourth-order valence-electron chi connectivity index (χ4n) is 4.17. The summed E-state index contributed by atoms with van der Waals surface area (Å²) in [5, 5.41) is 3.11. The van der Waals surface area contributed by atoms with Gasteiger partial charge in [-0.1, -0.05) is 79.3 Å². The van der Waals surface area contributed by atoms with E-state index in [-0.39, 0.29) is 44.5 Å². The SMILES string of the molecule is CCCCNC(=O)[C@H](CC)N(Cc1c(Cl)cccc1Cl)C(=O)CN(c1ccc(F)c(Cl)c1)S(=O)(=O)c1ccccc1. The Hall–Kier alpha value is -2.85. The number of rotatable bonds is 13. The van der Waals surface area contributed by atoms with E-state index in [1.807, 2.05) is 6.92 Å². The number of amides is 2. The smallest absolute Gasteiger partial charge is 0.264 e. The highest BCUT2D eigenvalue weighted by Gasteiger charge is 2.34. The lowest BCUT2D eigenvalue weighted by molar-refractivity contribution is -0.140. The molecule has 0 bridgehead atoms. The van der Waals surface area contributed by atoms with Crippen LogP contribution in [0.25, 0.3) is 0 Å². The number of benzene rings is 3. The van der Waals surface area contributed by atoms with Crippen LogP contribution in [0.4, 0.5) is 10.1 Å². The van der Waals surface area contributed by atoms with Crippen molar-refractivity contribution in [2.24, 2.45) is 0 Å². The van der Waals surface area contributed by atoms with Gasteiger partial charge in [0.25, 0.3) is 10.0 Å². The molecule has 0 heterocycles. The van der Waals surface area contributed by atoms with Gasteiger partial charge >= 0.3 is 0 Å². The minimum Gasteiger partial charge on any atom is -0.354 e. The third-order valence-corrected chi connectivity index (χ3v) is 9.19. The van der Waals surface area contributed by atoms with Gasteiger partial charge in [0.2, 0.25) is 11.8 Å². The molecule has 0 radical (unpaired) electrons. The summed E-state index contributed by atoms with van der Waals surface area (Å²) in [7, 11) is -4.32. The van der Waals surface area contributed by atoms with Crippen LogP contribution in [0.2, 0.25) is 15.1 Å². The lowest BCUT2D eigenvalue weighted by atomic mass is 10.1. The predicted octanol–water partition coefficient (Wildman–Crippen LogP) is 6.70. The zero-order valence-corrected chi connectivity index (χ0v) is 25.7. The molecule has 0 fully saturated rings. The molecule has 12 heteroatoms. The Morgan fingerprint density at radius 2 is 1.59 bits per heavy atom. The number of anilines is 1. The third-order valence-electron chi connectivity index (χ3n) is 6.41. The largest absolute Gasteiger partial charge is 0.354 e. The Kier molecular flexibility index (Phi) is 11.8. The highest BCUT2D eigenvalue weighted by molar-refractivity contribution is 7.92. The molecule has 3 aromatic carbocycles. The van der Waals surface area contributed by atoms with Crippen LogP contribution < -0.4 is 9.62 Å². The zero-order valence-electron chi connectivity index (χ0n) is 22.6. The van der Waals surface area contributed by atoms with Crippen LogP contribution in [0, 0.1) is 5.82 Å². The van der Waals surface area contributed by atoms with E-state index in [1.165, 1.54) is 23.1 Å². The van der Waals surface area contributed by atoms with Gasteiger partial charge in [-0.15, -0.1) is 0 Å². The molecule has 0 spiro atoms. The highest BCUT2D eigenvalue weighted by Crippen LogP contribution is 2.30. The van der Waals surface area contributed by atoms with Crippen molar-refractivity contribution in [1.29, 1.82) is 0 Å². The average molecular weight is 643 g/mol. The molecular weight excluding hydrogens is 612 g/mol. The molecule has 0 saturated carbocycles. The van der Waals surface area contributed by atoms with E-state index in [0.29, 0.717) is 12.1 Å². The molecule has 1 atom stereocenters.